The molecule has 3 rings (SSSR count). The number of halogens is 2. The number of hydrogen-bond donors (Lipinski definition) is 2. The molecule has 0 saturated carbocycles. The van der Waals surface area contributed by atoms with E-state index in [1.165, 1.54) is 0 Å². The first kappa shape index (κ1) is 18.0. The van der Waals surface area contributed by atoms with E-state index in [1.54, 1.807) is 18.2 Å². The first-order valence-corrected chi connectivity index (χ1v) is 8.80. The summed E-state index contributed by atoms with van der Waals surface area (Å²) in [6, 6.07) is 18.5. The molecule has 0 saturated heterocycles. The first-order valence-electron chi connectivity index (χ1n) is 8.05. The third-order valence-electron chi connectivity index (χ3n) is 4.07. The van der Waals surface area contributed by atoms with Crippen molar-refractivity contribution in [3.63, 3.8) is 0 Å². The molecular formula is C20H19Cl2NO2. The maximum atomic E-state index is 10.4. The molecule has 130 valence electrons. The second-order valence-electron chi connectivity index (χ2n) is 5.92. The Morgan fingerprint density at radius 3 is 2.56 bits per heavy atom. The number of rotatable bonds is 6. The van der Waals surface area contributed by atoms with Crippen LogP contribution >= 0.6 is 23.2 Å². The van der Waals surface area contributed by atoms with Crippen molar-refractivity contribution in [3.8, 4) is 11.3 Å². The zero-order chi connectivity index (χ0) is 17.8. The molecule has 1 heterocycles. The fraction of sp³-hybridized carbons (Fsp3) is 0.200. The average molecular weight is 376 g/mol. The second kappa shape index (κ2) is 8.07. The van der Waals surface area contributed by atoms with Crippen molar-refractivity contribution in [2.45, 2.75) is 25.6 Å². The monoisotopic (exact) mass is 375 g/mol. The van der Waals surface area contributed by atoms with Crippen LogP contribution in [0.25, 0.3) is 11.3 Å². The van der Waals surface area contributed by atoms with E-state index >= 15 is 0 Å². The van der Waals surface area contributed by atoms with Crippen LogP contribution in [-0.2, 0) is 6.54 Å². The van der Waals surface area contributed by atoms with Gasteiger partial charge in [-0.15, -0.1) is 0 Å². The fourth-order valence-electron chi connectivity index (χ4n) is 2.62. The van der Waals surface area contributed by atoms with E-state index in [0.29, 0.717) is 22.4 Å². The highest BCUT2D eigenvalue weighted by molar-refractivity contribution is 6.35. The molecule has 5 heteroatoms. The summed E-state index contributed by atoms with van der Waals surface area (Å²) >= 11 is 12.2. The van der Waals surface area contributed by atoms with Crippen molar-refractivity contribution >= 4 is 23.2 Å². The van der Waals surface area contributed by atoms with Crippen LogP contribution in [0.5, 0.6) is 0 Å². The Morgan fingerprint density at radius 1 is 1.04 bits per heavy atom. The van der Waals surface area contributed by atoms with Crippen LogP contribution in [0.4, 0.5) is 0 Å². The number of aliphatic hydroxyl groups is 1. The van der Waals surface area contributed by atoms with E-state index in [-0.39, 0.29) is 6.04 Å². The van der Waals surface area contributed by atoms with Crippen LogP contribution in [0.3, 0.4) is 0 Å². The van der Waals surface area contributed by atoms with E-state index in [2.05, 4.69) is 5.32 Å². The molecule has 0 aliphatic rings. The third-order valence-corrected chi connectivity index (χ3v) is 4.63. The maximum Gasteiger partial charge on any atom is 0.135 e. The van der Waals surface area contributed by atoms with Crippen LogP contribution in [0, 0.1) is 0 Å². The van der Waals surface area contributed by atoms with Crippen LogP contribution in [-0.4, -0.2) is 11.1 Å². The summed E-state index contributed by atoms with van der Waals surface area (Å²) in [7, 11) is 0. The lowest BCUT2D eigenvalue weighted by atomic mass is 10.0. The molecule has 0 aliphatic carbocycles. The van der Waals surface area contributed by atoms with Gasteiger partial charge in [0.25, 0.3) is 0 Å². The molecule has 0 aliphatic heterocycles. The highest BCUT2D eigenvalue weighted by Gasteiger charge is 2.16. The maximum absolute atomic E-state index is 10.4. The first-order chi connectivity index (χ1) is 12.0. The fourth-order valence-corrected chi connectivity index (χ4v) is 3.00. The number of aliphatic hydroxyl groups excluding tert-OH is 1. The number of nitrogens with one attached hydrogen (secondary N) is 1. The molecule has 3 aromatic rings. The zero-order valence-electron chi connectivity index (χ0n) is 13.7. The van der Waals surface area contributed by atoms with Gasteiger partial charge in [0.1, 0.15) is 11.5 Å². The Labute approximate surface area is 157 Å². The molecule has 2 N–H and O–H groups in total. The van der Waals surface area contributed by atoms with Gasteiger partial charge in [-0.05, 0) is 42.8 Å². The molecule has 2 atom stereocenters. The van der Waals surface area contributed by atoms with E-state index in [0.717, 1.165) is 16.9 Å². The predicted octanol–water partition coefficient (Wildman–Crippen LogP) is 5.47. The average Bonchev–Trinajstić information content (AvgIpc) is 3.10. The smallest absolute Gasteiger partial charge is 0.135 e. The SMILES string of the molecule is C[C@@H](NCc1ccc(-c2cc(Cl)ccc2Cl)o1)[C@@H](O)c1ccccc1. The number of furan rings is 1. The van der Waals surface area contributed by atoms with Gasteiger partial charge in [-0.25, -0.2) is 0 Å². The van der Waals surface area contributed by atoms with Crippen LogP contribution in [0.1, 0.15) is 24.4 Å². The van der Waals surface area contributed by atoms with Gasteiger partial charge in [-0.2, -0.15) is 0 Å². The lowest BCUT2D eigenvalue weighted by Crippen LogP contribution is -2.31. The Balaban J connectivity index is 1.65. The molecular weight excluding hydrogens is 357 g/mol. The molecule has 25 heavy (non-hydrogen) atoms. The third kappa shape index (κ3) is 4.44. The number of benzene rings is 2. The highest BCUT2D eigenvalue weighted by atomic mass is 35.5. The molecule has 0 bridgehead atoms. The minimum absolute atomic E-state index is 0.120. The van der Waals surface area contributed by atoms with Crippen molar-refractivity contribution < 1.29 is 9.52 Å². The van der Waals surface area contributed by atoms with Crippen molar-refractivity contribution in [2.24, 2.45) is 0 Å². The van der Waals surface area contributed by atoms with Gasteiger partial charge >= 0.3 is 0 Å². The second-order valence-corrected chi connectivity index (χ2v) is 6.76. The van der Waals surface area contributed by atoms with Gasteiger partial charge < -0.3 is 14.8 Å². The van der Waals surface area contributed by atoms with Crippen molar-refractivity contribution in [2.75, 3.05) is 0 Å². The zero-order valence-corrected chi connectivity index (χ0v) is 15.3. The highest BCUT2D eigenvalue weighted by Crippen LogP contribution is 2.31. The summed E-state index contributed by atoms with van der Waals surface area (Å²) in [5.74, 6) is 1.43. The minimum Gasteiger partial charge on any atom is -0.460 e. The lowest BCUT2D eigenvalue weighted by molar-refractivity contribution is 0.134. The van der Waals surface area contributed by atoms with Gasteiger partial charge in [0.15, 0.2) is 0 Å². The molecule has 0 amide bonds. The normalized spacial score (nSPS) is 13.6. The summed E-state index contributed by atoms with van der Waals surface area (Å²) in [6.07, 6.45) is -0.585. The van der Waals surface area contributed by atoms with Gasteiger partial charge in [0.05, 0.1) is 17.7 Å². The topological polar surface area (TPSA) is 45.4 Å². The van der Waals surface area contributed by atoms with Crippen LogP contribution in [0.15, 0.2) is 65.1 Å². The molecule has 0 radical (unpaired) electrons. The Bertz CT molecular complexity index is 833. The number of hydrogen-bond acceptors (Lipinski definition) is 3. The predicted molar refractivity (Wildman–Crippen MR) is 102 cm³/mol. The summed E-state index contributed by atoms with van der Waals surface area (Å²) < 4.78 is 5.85. The summed E-state index contributed by atoms with van der Waals surface area (Å²) in [4.78, 5) is 0. The van der Waals surface area contributed by atoms with E-state index < -0.39 is 6.10 Å². The summed E-state index contributed by atoms with van der Waals surface area (Å²) in [5.41, 5.74) is 1.64. The van der Waals surface area contributed by atoms with Gasteiger partial charge in [0, 0.05) is 16.6 Å². The minimum atomic E-state index is -0.585. The largest absolute Gasteiger partial charge is 0.460 e. The van der Waals surface area contributed by atoms with Gasteiger partial charge in [0.2, 0.25) is 0 Å². The molecule has 0 unspecified atom stereocenters. The molecule has 0 fully saturated rings. The summed E-state index contributed by atoms with van der Waals surface area (Å²) in [6.45, 7) is 2.44. The molecule has 0 spiro atoms. The molecule has 2 aromatic carbocycles. The van der Waals surface area contributed by atoms with E-state index in [4.69, 9.17) is 27.6 Å². The summed E-state index contributed by atoms with van der Waals surface area (Å²) in [5, 5.41) is 14.9. The van der Waals surface area contributed by atoms with Crippen molar-refractivity contribution in [1.29, 1.82) is 0 Å². The Morgan fingerprint density at radius 2 is 1.80 bits per heavy atom. The quantitative estimate of drug-likeness (QED) is 0.600. The van der Waals surface area contributed by atoms with Crippen molar-refractivity contribution in [3.05, 3.63) is 82.0 Å². The van der Waals surface area contributed by atoms with E-state index in [9.17, 15) is 5.11 Å². The van der Waals surface area contributed by atoms with Gasteiger partial charge in [-0.3, -0.25) is 0 Å². The van der Waals surface area contributed by atoms with Gasteiger partial charge in [-0.1, -0.05) is 53.5 Å². The van der Waals surface area contributed by atoms with Crippen LogP contribution < -0.4 is 5.32 Å². The van der Waals surface area contributed by atoms with E-state index in [1.807, 2.05) is 49.4 Å². The standard InChI is InChI=1S/C20H19Cl2NO2/c1-13(20(24)14-5-3-2-4-6-14)23-12-16-8-10-19(25-16)17-11-15(21)7-9-18(17)22/h2-11,13,20,23-24H,12H2,1H3/t13-,20-/m1/s1. The Kier molecular flexibility index (Phi) is 5.82. The van der Waals surface area contributed by atoms with Crippen molar-refractivity contribution in [1.82, 2.24) is 5.32 Å². The Hall–Kier alpha value is -1.78. The lowest BCUT2D eigenvalue weighted by Gasteiger charge is -2.20. The molecule has 3 nitrogen and oxygen atoms in total. The molecule has 1 aromatic heterocycles. The van der Waals surface area contributed by atoms with Crippen LogP contribution in [0.2, 0.25) is 10.0 Å².